The van der Waals surface area contributed by atoms with E-state index in [1.807, 2.05) is 0 Å². The molecule has 0 bridgehead atoms. The predicted molar refractivity (Wildman–Crippen MR) is 74.6 cm³/mol. The lowest BCUT2D eigenvalue weighted by Gasteiger charge is -2.23. The molecular weight excluding hydrogens is 208 g/mol. The van der Waals surface area contributed by atoms with Crippen molar-refractivity contribution in [3.8, 4) is 0 Å². The first kappa shape index (κ1) is 12.4. The predicted octanol–water partition coefficient (Wildman–Crippen LogP) is 3.13. The molecule has 0 aromatic heterocycles. The second-order valence-corrected chi connectivity index (χ2v) is 5.62. The molecule has 1 aromatic rings. The summed E-state index contributed by atoms with van der Waals surface area (Å²) in [7, 11) is 2.13. The fourth-order valence-corrected chi connectivity index (χ4v) is 2.18. The van der Waals surface area contributed by atoms with E-state index in [4.69, 9.17) is 5.73 Å². The van der Waals surface area contributed by atoms with Crippen LogP contribution in [0.1, 0.15) is 44.6 Å². The standard InChI is InChI=1S/C15H24N2/c1-4-12(2)13-5-7-14(8-6-13)17(3)11-15(16)9-10-15/h5-8,12H,4,9-11,16H2,1-3H3. The van der Waals surface area contributed by atoms with E-state index in [1.165, 1.54) is 30.5 Å². The van der Waals surface area contributed by atoms with E-state index in [0.29, 0.717) is 5.92 Å². The van der Waals surface area contributed by atoms with Crippen LogP contribution in [0.4, 0.5) is 5.69 Å². The highest BCUT2D eigenvalue weighted by Crippen LogP contribution is 2.34. The summed E-state index contributed by atoms with van der Waals surface area (Å²) in [5.41, 5.74) is 8.93. The van der Waals surface area contributed by atoms with Gasteiger partial charge in [0.25, 0.3) is 0 Å². The summed E-state index contributed by atoms with van der Waals surface area (Å²) in [6.45, 7) is 5.48. The third-order valence-corrected chi connectivity index (χ3v) is 3.96. The lowest BCUT2D eigenvalue weighted by Crippen LogP contribution is -2.37. The van der Waals surface area contributed by atoms with Crippen molar-refractivity contribution in [3.63, 3.8) is 0 Å². The van der Waals surface area contributed by atoms with Crippen molar-refractivity contribution in [1.29, 1.82) is 0 Å². The van der Waals surface area contributed by atoms with Crippen LogP contribution >= 0.6 is 0 Å². The molecule has 1 saturated carbocycles. The first-order valence-electron chi connectivity index (χ1n) is 6.64. The highest BCUT2D eigenvalue weighted by molar-refractivity contribution is 5.48. The van der Waals surface area contributed by atoms with Gasteiger partial charge in [-0.05, 0) is 42.9 Å². The molecule has 1 unspecified atom stereocenters. The van der Waals surface area contributed by atoms with Gasteiger partial charge in [0.05, 0.1) is 0 Å². The van der Waals surface area contributed by atoms with Crippen molar-refractivity contribution in [2.24, 2.45) is 5.73 Å². The summed E-state index contributed by atoms with van der Waals surface area (Å²) in [6, 6.07) is 8.92. The van der Waals surface area contributed by atoms with Crippen molar-refractivity contribution in [2.75, 3.05) is 18.5 Å². The van der Waals surface area contributed by atoms with Crippen LogP contribution in [-0.2, 0) is 0 Å². The van der Waals surface area contributed by atoms with Gasteiger partial charge in [0.15, 0.2) is 0 Å². The Morgan fingerprint density at radius 2 is 1.88 bits per heavy atom. The average Bonchev–Trinajstić information content (AvgIpc) is 3.06. The lowest BCUT2D eigenvalue weighted by atomic mass is 9.98. The Morgan fingerprint density at radius 1 is 1.29 bits per heavy atom. The number of nitrogens with two attached hydrogens (primary N) is 1. The zero-order valence-corrected chi connectivity index (χ0v) is 11.2. The Labute approximate surface area is 105 Å². The first-order valence-corrected chi connectivity index (χ1v) is 6.64. The van der Waals surface area contributed by atoms with Crippen molar-refractivity contribution < 1.29 is 0 Å². The van der Waals surface area contributed by atoms with Gasteiger partial charge in [-0.3, -0.25) is 0 Å². The van der Waals surface area contributed by atoms with E-state index >= 15 is 0 Å². The topological polar surface area (TPSA) is 29.3 Å². The molecule has 1 aliphatic carbocycles. The van der Waals surface area contributed by atoms with Gasteiger partial charge < -0.3 is 10.6 Å². The van der Waals surface area contributed by atoms with E-state index in [0.717, 1.165) is 6.54 Å². The molecule has 2 heteroatoms. The van der Waals surface area contributed by atoms with Crippen LogP contribution in [0.25, 0.3) is 0 Å². The third-order valence-electron chi connectivity index (χ3n) is 3.96. The second-order valence-electron chi connectivity index (χ2n) is 5.62. The van der Waals surface area contributed by atoms with Gasteiger partial charge >= 0.3 is 0 Å². The SMILES string of the molecule is CCC(C)c1ccc(N(C)CC2(N)CC2)cc1. The quantitative estimate of drug-likeness (QED) is 0.845. The smallest absolute Gasteiger partial charge is 0.0364 e. The number of anilines is 1. The second kappa shape index (κ2) is 4.69. The molecule has 1 aliphatic rings. The fourth-order valence-electron chi connectivity index (χ4n) is 2.18. The monoisotopic (exact) mass is 232 g/mol. The van der Waals surface area contributed by atoms with Crippen LogP contribution < -0.4 is 10.6 Å². The molecule has 1 atom stereocenters. The lowest BCUT2D eigenvalue weighted by molar-refractivity contribution is 0.660. The van der Waals surface area contributed by atoms with Crippen molar-refractivity contribution in [2.45, 2.75) is 44.6 Å². The molecule has 0 aliphatic heterocycles. The van der Waals surface area contributed by atoms with Crippen molar-refractivity contribution in [1.82, 2.24) is 0 Å². The Bertz CT molecular complexity index is 365. The molecule has 1 fully saturated rings. The maximum absolute atomic E-state index is 6.14. The Kier molecular flexibility index (Phi) is 3.43. The van der Waals surface area contributed by atoms with Crippen LogP contribution in [0.3, 0.4) is 0 Å². The van der Waals surface area contributed by atoms with Gasteiger partial charge in [-0.1, -0.05) is 26.0 Å². The van der Waals surface area contributed by atoms with Crippen LogP contribution in [0.5, 0.6) is 0 Å². The van der Waals surface area contributed by atoms with E-state index in [2.05, 4.69) is 50.1 Å². The molecule has 2 nitrogen and oxygen atoms in total. The van der Waals surface area contributed by atoms with Crippen LogP contribution in [0.2, 0.25) is 0 Å². The van der Waals surface area contributed by atoms with Crippen molar-refractivity contribution >= 4 is 5.69 Å². The largest absolute Gasteiger partial charge is 0.373 e. The number of hydrogen-bond donors (Lipinski definition) is 1. The normalized spacial score (nSPS) is 18.8. The fraction of sp³-hybridized carbons (Fsp3) is 0.600. The first-order chi connectivity index (χ1) is 8.04. The minimum Gasteiger partial charge on any atom is -0.373 e. The highest BCUT2D eigenvalue weighted by Gasteiger charge is 2.39. The number of nitrogens with zero attached hydrogens (tertiary/aromatic N) is 1. The van der Waals surface area contributed by atoms with Gasteiger partial charge in [-0.15, -0.1) is 0 Å². The number of likely N-dealkylation sites (N-methyl/N-ethyl adjacent to an activating group) is 1. The van der Waals surface area contributed by atoms with Gasteiger partial charge in [-0.2, -0.15) is 0 Å². The van der Waals surface area contributed by atoms with Gasteiger partial charge in [-0.25, -0.2) is 0 Å². The minimum atomic E-state index is 0.0874. The Balaban J connectivity index is 2.01. The van der Waals surface area contributed by atoms with E-state index in [1.54, 1.807) is 0 Å². The van der Waals surface area contributed by atoms with Gasteiger partial charge in [0.2, 0.25) is 0 Å². The van der Waals surface area contributed by atoms with E-state index < -0.39 is 0 Å². The number of hydrogen-bond acceptors (Lipinski definition) is 2. The van der Waals surface area contributed by atoms with Crippen LogP contribution in [0, 0.1) is 0 Å². The summed E-state index contributed by atoms with van der Waals surface area (Å²) in [5.74, 6) is 0.652. The Morgan fingerprint density at radius 3 is 2.35 bits per heavy atom. The summed E-state index contributed by atoms with van der Waals surface area (Å²) in [6.07, 6.45) is 3.53. The minimum absolute atomic E-state index is 0.0874. The molecular formula is C15H24N2. The molecule has 0 amide bonds. The molecule has 0 saturated heterocycles. The van der Waals surface area contributed by atoms with Crippen molar-refractivity contribution in [3.05, 3.63) is 29.8 Å². The average molecular weight is 232 g/mol. The number of rotatable bonds is 5. The maximum atomic E-state index is 6.14. The van der Waals surface area contributed by atoms with Crippen LogP contribution in [0.15, 0.2) is 24.3 Å². The third kappa shape index (κ3) is 3.01. The molecule has 1 aromatic carbocycles. The molecule has 17 heavy (non-hydrogen) atoms. The summed E-state index contributed by atoms with van der Waals surface area (Å²) >= 11 is 0. The summed E-state index contributed by atoms with van der Waals surface area (Å²) in [4.78, 5) is 2.27. The molecule has 94 valence electrons. The van der Waals surface area contributed by atoms with Crippen LogP contribution in [-0.4, -0.2) is 19.1 Å². The zero-order valence-electron chi connectivity index (χ0n) is 11.2. The molecule has 0 heterocycles. The maximum Gasteiger partial charge on any atom is 0.0364 e. The van der Waals surface area contributed by atoms with Gasteiger partial charge in [0.1, 0.15) is 0 Å². The molecule has 2 N–H and O–H groups in total. The van der Waals surface area contributed by atoms with Gasteiger partial charge in [0, 0.05) is 24.8 Å². The van der Waals surface area contributed by atoms with E-state index in [-0.39, 0.29) is 5.54 Å². The van der Waals surface area contributed by atoms with E-state index in [9.17, 15) is 0 Å². The Hall–Kier alpha value is -1.02. The summed E-state index contributed by atoms with van der Waals surface area (Å²) in [5, 5.41) is 0. The summed E-state index contributed by atoms with van der Waals surface area (Å²) < 4.78 is 0. The molecule has 2 rings (SSSR count). The highest BCUT2D eigenvalue weighted by atomic mass is 15.1. The number of benzene rings is 1. The molecule has 0 radical (unpaired) electrons. The zero-order chi connectivity index (χ0) is 12.5. The molecule has 0 spiro atoms.